The van der Waals surface area contributed by atoms with Gasteiger partial charge in [0.1, 0.15) is 0 Å². The van der Waals surface area contributed by atoms with E-state index in [0.29, 0.717) is 5.69 Å². The Morgan fingerprint density at radius 2 is 2.43 bits per heavy atom. The van der Waals surface area contributed by atoms with Crippen LogP contribution >= 0.6 is 0 Å². The van der Waals surface area contributed by atoms with Crippen LogP contribution in [0.1, 0.15) is 19.0 Å². The van der Waals surface area contributed by atoms with Crippen LogP contribution in [0.2, 0.25) is 0 Å². The number of hydrogen-bond donors (Lipinski definition) is 1. The number of aromatic nitrogens is 2. The number of nitrogens with zero attached hydrogens (tertiary/aromatic N) is 2. The molecule has 14 heavy (non-hydrogen) atoms. The lowest BCUT2D eigenvalue weighted by atomic mass is 9.96. The third kappa shape index (κ3) is 2.32. The van der Waals surface area contributed by atoms with E-state index in [9.17, 15) is 4.79 Å². The molecule has 0 amide bonds. The van der Waals surface area contributed by atoms with Gasteiger partial charge in [0, 0.05) is 13.2 Å². The summed E-state index contributed by atoms with van der Waals surface area (Å²) in [5.74, 6) is -0.333. The van der Waals surface area contributed by atoms with Gasteiger partial charge in [-0.25, -0.2) is 4.98 Å². The minimum Gasteiger partial charge on any atom is -0.469 e. The van der Waals surface area contributed by atoms with Crippen LogP contribution < -0.4 is 5.73 Å². The first-order valence-corrected chi connectivity index (χ1v) is 4.30. The van der Waals surface area contributed by atoms with Crippen LogP contribution in [0.3, 0.4) is 0 Å². The molecule has 5 nitrogen and oxygen atoms in total. The highest BCUT2D eigenvalue weighted by atomic mass is 16.5. The molecule has 0 bridgehead atoms. The number of nitrogens with two attached hydrogens (primary N) is 1. The number of aryl methyl sites for hydroxylation is 1. The molecule has 0 aromatic carbocycles. The van der Waals surface area contributed by atoms with E-state index in [2.05, 4.69) is 9.72 Å². The summed E-state index contributed by atoms with van der Waals surface area (Å²) in [6.07, 6.45) is 3.57. The molecule has 0 fully saturated rings. The molecule has 1 heterocycles. The quantitative estimate of drug-likeness (QED) is 0.700. The topological polar surface area (TPSA) is 70.1 Å². The molecular weight excluding hydrogens is 182 g/mol. The first-order chi connectivity index (χ1) is 6.45. The summed E-state index contributed by atoms with van der Waals surface area (Å²) in [6, 6.07) is 0. The van der Waals surface area contributed by atoms with Gasteiger partial charge in [0.25, 0.3) is 0 Å². The average Bonchev–Trinajstić information content (AvgIpc) is 2.51. The van der Waals surface area contributed by atoms with Gasteiger partial charge < -0.3 is 15.0 Å². The lowest BCUT2D eigenvalue weighted by Crippen LogP contribution is -2.36. The fourth-order valence-corrected chi connectivity index (χ4v) is 1.17. The van der Waals surface area contributed by atoms with E-state index in [4.69, 9.17) is 5.73 Å². The van der Waals surface area contributed by atoms with Gasteiger partial charge in [-0.3, -0.25) is 4.79 Å². The Balaban J connectivity index is 2.79. The number of carbonyl (C=O) groups excluding carboxylic acids is 1. The van der Waals surface area contributed by atoms with Crippen molar-refractivity contribution >= 4 is 5.97 Å². The van der Waals surface area contributed by atoms with Crippen LogP contribution in [0.5, 0.6) is 0 Å². The maximum atomic E-state index is 11.1. The van der Waals surface area contributed by atoms with E-state index in [1.165, 1.54) is 7.11 Å². The minimum absolute atomic E-state index is 0.126. The second-order valence-electron chi connectivity index (χ2n) is 3.59. The molecule has 0 spiro atoms. The van der Waals surface area contributed by atoms with E-state index in [0.717, 1.165) is 0 Å². The van der Waals surface area contributed by atoms with Crippen molar-refractivity contribution in [3.63, 3.8) is 0 Å². The van der Waals surface area contributed by atoms with Crippen molar-refractivity contribution in [3.8, 4) is 0 Å². The Morgan fingerprint density at radius 3 is 2.86 bits per heavy atom. The number of ether oxygens (including phenoxy) is 1. The molecule has 1 atom stereocenters. The molecule has 2 N–H and O–H groups in total. The summed E-state index contributed by atoms with van der Waals surface area (Å²) in [5.41, 5.74) is 5.87. The number of carbonyl (C=O) groups is 1. The highest BCUT2D eigenvalue weighted by molar-refractivity contribution is 5.70. The number of rotatable bonds is 3. The van der Waals surface area contributed by atoms with Gasteiger partial charge >= 0.3 is 5.97 Å². The fourth-order valence-electron chi connectivity index (χ4n) is 1.17. The first-order valence-electron chi connectivity index (χ1n) is 4.30. The lowest BCUT2D eigenvalue weighted by Gasteiger charge is -2.20. The highest BCUT2D eigenvalue weighted by Crippen LogP contribution is 2.19. The zero-order chi connectivity index (χ0) is 10.8. The number of esters is 1. The molecule has 0 unspecified atom stereocenters. The van der Waals surface area contributed by atoms with Crippen molar-refractivity contribution in [1.82, 2.24) is 9.55 Å². The molecule has 0 aliphatic heterocycles. The standard InChI is InChI=1S/C9H15N3O2/c1-9(10,4-8(13)14-3)7-5-12(2)6-11-7/h5-6H,4,10H2,1-3H3/t9-/m0/s1. The molecule has 0 aliphatic carbocycles. The maximum Gasteiger partial charge on any atom is 0.307 e. The van der Waals surface area contributed by atoms with Gasteiger partial charge in [0.15, 0.2) is 0 Å². The van der Waals surface area contributed by atoms with E-state index in [1.807, 2.05) is 7.05 Å². The molecule has 1 aromatic heterocycles. The van der Waals surface area contributed by atoms with E-state index < -0.39 is 5.54 Å². The number of methoxy groups -OCH3 is 1. The molecular formula is C9H15N3O2. The van der Waals surface area contributed by atoms with E-state index >= 15 is 0 Å². The van der Waals surface area contributed by atoms with Gasteiger partial charge in [0.05, 0.1) is 31.1 Å². The molecule has 1 rings (SSSR count). The zero-order valence-electron chi connectivity index (χ0n) is 8.65. The third-order valence-corrected chi connectivity index (χ3v) is 2.03. The van der Waals surface area contributed by atoms with Crippen molar-refractivity contribution < 1.29 is 9.53 Å². The predicted molar refractivity (Wildman–Crippen MR) is 51.4 cm³/mol. The SMILES string of the molecule is COC(=O)C[C@](C)(N)c1cn(C)cn1. The Morgan fingerprint density at radius 1 is 1.79 bits per heavy atom. The van der Waals surface area contributed by atoms with Gasteiger partial charge in [-0.2, -0.15) is 0 Å². The molecule has 5 heteroatoms. The summed E-state index contributed by atoms with van der Waals surface area (Å²) in [7, 11) is 3.20. The second kappa shape index (κ2) is 3.79. The highest BCUT2D eigenvalue weighted by Gasteiger charge is 2.27. The molecule has 0 radical (unpaired) electrons. The van der Waals surface area contributed by atoms with Crippen molar-refractivity contribution in [1.29, 1.82) is 0 Å². The smallest absolute Gasteiger partial charge is 0.307 e. The second-order valence-corrected chi connectivity index (χ2v) is 3.59. The molecule has 0 saturated heterocycles. The lowest BCUT2D eigenvalue weighted by molar-refractivity contribution is -0.142. The number of imidazole rings is 1. The molecule has 0 aliphatic rings. The molecule has 78 valence electrons. The van der Waals surface area contributed by atoms with Gasteiger partial charge in [0.2, 0.25) is 0 Å². The van der Waals surface area contributed by atoms with Gasteiger partial charge in [-0.15, -0.1) is 0 Å². The maximum absolute atomic E-state index is 11.1. The van der Waals surface area contributed by atoms with Crippen LogP contribution in [0.15, 0.2) is 12.5 Å². The summed E-state index contributed by atoms with van der Waals surface area (Å²) in [4.78, 5) is 15.2. The Hall–Kier alpha value is -1.36. The van der Waals surface area contributed by atoms with Crippen molar-refractivity contribution in [3.05, 3.63) is 18.2 Å². The molecule has 1 aromatic rings. The van der Waals surface area contributed by atoms with Crippen molar-refractivity contribution in [2.24, 2.45) is 12.8 Å². The zero-order valence-corrected chi connectivity index (χ0v) is 8.65. The van der Waals surface area contributed by atoms with Crippen LogP contribution in [0.25, 0.3) is 0 Å². The van der Waals surface area contributed by atoms with Crippen LogP contribution in [-0.4, -0.2) is 22.6 Å². The van der Waals surface area contributed by atoms with E-state index in [-0.39, 0.29) is 12.4 Å². The van der Waals surface area contributed by atoms with Gasteiger partial charge in [-0.05, 0) is 6.92 Å². The van der Waals surface area contributed by atoms with Crippen molar-refractivity contribution in [2.75, 3.05) is 7.11 Å². The fraction of sp³-hybridized carbons (Fsp3) is 0.556. The van der Waals surface area contributed by atoms with Crippen LogP contribution in [0.4, 0.5) is 0 Å². The predicted octanol–water partition coefficient (Wildman–Crippen LogP) is 0.157. The Kier molecular flexibility index (Phi) is 2.90. The monoisotopic (exact) mass is 197 g/mol. The van der Waals surface area contributed by atoms with E-state index in [1.54, 1.807) is 24.0 Å². The Labute approximate surface area is 82.9 Å². The summed E-state index contributed by atoms with van der Waals surface area (Å²) in [6.45, 7) is 1.76. The summed E-state index contributed by atoms with van der Waals surface area (Å²) in [5, 5.41) is 0. The minimum atomic E-state index is -0.769. The normalized spacial score (nSPS) is 14.9. The average molecular weight is 197 g/mol. The largest absolute Gasteiger partial charge is 0.469 e. The summed E-state index contributed by atoms with van der Waals surface area (Å²) < 4.78 is 6.35. The van der Waals surface area contributed by atoms with Crippen molar-refractivity contribution in [2.45, 2.75) is 18.9 Å². The van der Waals surface area contributed by atoms with Gasteiger partial charge in [-0.1, -0.05) is 0 Å². The molecule has 0 saturated carbocycles. The summed E-state index contributed by atoms with van der Waals surface area (Å²) >= 11 is 0. The third-order valence-electron chi connectivity index (χ3n) is 2.03. The first kappa shape index (κ1) is 10.7. The Bertz CT molecular complexity index is 331. The van der Waals surface area contributed by atoms with Crippen LogP contribution in [0, 0.1) is 0 Å². The number of hydrogen-bond acceptors (Lipinski definition) is 4. The van der Waals surface area contributed by atoms with Crippen LogP contribution in [-0.2, 0) is 22.1 Å².